The molecule has 0 unspecified atom stereocenters. The Morgan fingerprint density at radius 1 is 1.37 bits per heavy atom. The third-order valence-electron chi connectivity index (χ3n) is 2.91. The van der Waals surface area contributed by atoms with E-state index in [0.29, 0.717) is 6.04 Å². The summed E-state index contributed by atoms with van der Waals surface area (Å²) in [7, 11) is 2.03. The number of anilines is 1. The van der Waals surface area contributed by atoms with Gasteiger partial charge in [0.15, 0.2) is 0 Å². The maximum Gasteiger partial charge on any atom is 0.0642 e. The second kappa shape index (κ2) is 8.41. The predicted octanol–water partition coefficient (Wildman–Crippen LogP) is 3.31. The highest BCUT2D eigenvalue weighted by Gasteiger charge is 2.07. The normalized spacial score (nSPS) is 11.1. The Labute approximate surface area is 121 Å². The Morgan fingerprint density at radius 2 is 2.11 bits per heavy atom. The van der Waals surface area contributed by atoms with Crippen LogP contribution < -0.4 is 10.2 Å². The second-order valence-corrected chi connectivity index (χ2v) is 5.35. The molecule has 0 saturated heterocycles. The van der Waals surface area contributed by atoms with E-state index in [1.54, 1.807) is 0 Å². The molecule has 0 aliphatic carbocycles. The first-order chi connectivity index (χ1) is 9.04. The zero-order valence-corrected chi connectivity index (χ0v) is 13.1. The van der Waals surface area contributed by atoms with Gasteiger partial charge in [0.05, 0.1) is 17.3 Å². The Bertz CT molecular complexity index is 382. The van der Waals surface area contributed by atoms with Crippen LogP contribution in [0.15, 0.2) is 18.2 Å². The number of benzene rings is 1. The van der Waals surface area contributed by atoms with Gasteiger partial charge < -0.3 is 15.0 Å². The van der Waals surface area contributed by atoms with Crippen molar-refractivity contribution in [1.29, 1.82) is 0 Å². The topological polar surface area (TPSA) is 24.5 Å². The molecule has 0 aliphatic heterocycles. The van der Waals surface area contributed by atoms with Gasteiger partial charge in [0.25, 0.3) is 0 Å². The van der Waals surface area contributed by atoms with Crippen LogP contribution in [-0.4, -0.2) is 32.8 Å². The molecule has 0 bridgehead atoms. The minimum absolute atomic E-state index is 0.479. The van der Waals surface area contributed by atoms with Crippen molar-refractivity contribution in [3.05, 3.63) is 28.8 Å². The molecule has 4 heteroatoms. The van der Waals surface area contributed by atoms with Gasteiger partial charge in [-0.3, -0.25) is 0 Å². The second-order valence-electron chi connectivity index (χ2n) is 4.94. The van der Waals surface area contributed by atoms with Crippen LogP contribution in [0.3, 0.4) is 0 Å². The van der Waals surface area contributed by atoms with E-state index in [9.17, 15) is 0 Å². The van der Waals surface area contributed by atoms with E-state index in [2.05, 4.69) is 36.2 Å². The van der Waals surface area contributed by atoms with Gasteiger partial charge >= 0.3 is 0 Å². The van der Waals surface area contributed by atoms with Crippen LogP contribution in [0.25, 0.3) is 0 Å². The van der Waals surface area contributed by atoms with Crippen molar-refractivity contribution in [2.75, 3.05) is 31.7 Å². The van der Waals surface area contributed by atoms with Gasteiger partial charge in [-0.15, -0.1) is 0 Å². The molecule has 3 nitrogen and oxygen atoms in total. The summed E-state index contributed by atoms with van der Waals surface area (Å²) in [4.78, 5) is 2.12. The number of halogens is 1. The summed E-state index contributed by atoms with van der Waals surface area (Å²) in [5.74, 6) is 0. The minimum Gasteiger partial charge on any atom is -0.380 e. The quantitative estimate of drug-likeness (QED) is 0.741. The molecular formula is C15H25ClN2O. The summed E-state index contributed by atoms with van der Waals surface area (Å²) in [6.45, 7) is 9.44. The fourth-order valence-electron chi connectivity index (χ4n) is 1.76. The van der Waals surface area contributed by atoms with Gasteiger partial charge in [0.1, 0.15) is 0 Å². The molecule has 0 radical (unpaired) electrons. The lowest BCUT2D eigenvalue weighted by Gasteiger charge is -2.21. The van der Waals surface area contributed by atoms with Crippen molar-refractivity contribution >= 4 is 17.3 Å². The Hall–Kier alpha value is -0.770. The van der Waals surface area contributed by atoms with Gasteiger partial charge in [0, 0.05) is 32.8 Å². The maximum atomic E-state index is 6.34. The molecule has 19 heavy (non-hydrogen) atoms. The summed E-state index contributed by atoms with van der Waals surface area (Å²) >= 11 is 6.34. The predicted molar refractivity (Wildman–Crippen MR) is 83.2 cm³/mol. The van der Waals surface area contributed by atoms with Gasteiger partial charge in [0.2, 0.25) is 0 Å². The summed E-state index contributed by atoms with van der Waals surface area (Å²) in [6, 6.07) is 6.70. The molecular weight excluding hydrogens is 260 g/mol. The minimum atomic E-state index is 0.479. The number of ether oxygens (including phenoxy) is 1. The number of nitrogens with one attached hydrogen (secondary N) is 1. The highest BCUT2D eigenvalue weighted by atomic mass is 35.5. The lowest BCUT2D eigenvalue weighted by atomic mass is 10.2. The van der Waals surface area contributed by atoms with Crippen LogP contribution >= 0.6 is 11.6 Å². The Balaban J connectivity index is 2.60. The van der Waals surface area contributed by atoms with Crippen molar-refractivity contribution in [2.24, 2.45) is 0 Å². The molecule has 108 valence electrons. The molecule has 0 heterocycles. The number of hydrogen-bond donors (Lipinski definition) is 1. The highest BCUT2D eigenvalue weighted by molar-refractivity contribution is 6.33. The van der Waals surface area contributed by atoms with Gasteiger partial charge in [-0.2, -0.15) is 0 Å². The van der Waals surface area contributed by atoms with E-state index in [0.717, 1.165) is 37.0 Å². The molecule has 0 fully saturated rings. The zero-order chi connectivity index (χ0) is 14.3. The molecule has 1 aromatic rings. The number of hydrogen-bond acceptors (Lipinski definition) is 3. The zero-order valence-electron chi connectivity index (χ0n) is 12.4. The molecule has 1 N–H and O–H groups in total. The first-order valence-electron chi connectivity index (χ1n) is 6.85. The van der Waals surface area contributed by atoms with Crippen molar-refractivity contribution < 1.29 is 4.74 Å². The van der Waals surface area contributed by atoms with Crippen LogP contribution in [0.4, 0.5) is 5.69 Å². The van der Waals surface area contributed by atoms with Crippen molar-refractivity contribution in [2.45, 2.75) is 33.4 Å². The molecule has 0 spiro atoms. The third-order valence-corrected chi connectivity index (χ3v) is 3.22. The van der Waals surface area contributed by atoms with E-state index < -0.39 is 0 Å². The van der Waals surface area contributed by atoms with Crippen LogP contribution in [0.2, 0.25) is 5.02 Å². The first-order valence-corrected chi connectivity index (χ1v) is 7.23. The van der Waals surface area contributed by atoms with Gasteiger partial charge in [-0.1, -0.05) is 31.5 Å². The van der Waals surface area contributed by atoms with Crippen LogP contribution in [0.5, 0.6) is 0 Å². The summed E-state index contributed by atoms with van der Waals surface area (Å²) < 4.78 is 5.36. The van der Waals surface area contributed by atoms with E-state index in [1.165, 1.54) is 5.56 Å². The first kappa shape index (κ1) is 16.3. The van der Waals surface area contributed by atoms with E-state index >= 15 is 0 Å². The molecule has 0 aromatic heterocycles. The lowest BCUT2D eigenvalue weighted by Crippen LogP contribution is -2.23. The molecule has 1 aromatic carbocycles. The van der Waals surface area contributed by atoms with Crippen molar-refractivity contribution in [3.63, 3.8) is 0 Å². The summed E-state index contributed by atoms with van der Waals surface area (Å²) in [6.07, 6.45) is 0. The van der Waals surface area contributed by atoms with Crippen molar-refractivity contribution in [1.82, 2.24) is 5.32 Å². The number of likely N-dealkylation sites (N-methyl/N-ethyl adjacent to an activating group) is 1. The summed E-state index contributed by atoms with van der Waals surface area (Å²) in [5, 5.41) is 4.18. The fraction of sp³-hybridized carbons (Fsp3) is 0.600. The summed E-state index contributed by atoms with van der Waals surface area (Å²) in [5.41, 5.74) is 2.26. The Morgan fingerprint density at radius 3 is 2.68 bits per heavy atom. The Kier molecular flexibility index (Phi) is 7.21. The molecule has 0 atom stereocenters. The number of rotatable bonds is 8. The lowest BCUT2D eigenvalue weighted by molar-refractivity contribution is 0.154. The highest BCUT2D eigenvalue weighted by Crippen LogP contribution is 2.26. The monoisotopic (exact) mass is 284 g/mol. The molecule has 0 amide bonds. The molecule has 0 aliphatic rings. The van der Waals surface area contributed by atoms with Crippen LogP contribution in [0.1, 0.15) is 26.3 Å². The van der Waals surface area contributed by atoms with Crippen molar-refractivity contribution in [3.8, 4) is 0 Å². The number of nitrogens with zero attached hydrogens (tertiary/aromatic N) is 1. The SMILES string of the molecule is CCOCCN(C)c1ccc(CNC(C)C)cc1Cl. The average Bonchev–Trinajstić information content (AvgIpc) is 2.36. The fourth-order valence-corrected chi connectivity index (χ4v) is 2.11. The van der Waals surface area contributed by atoms with Crippen LogP contribution in [0, 0.1) is 0 Å². The van der Waals surface area contributed by atoms with Gasteiger partial charge in [-0.25, -0.2) is 0 Å². The maximum absolute atomic E-state index is 6.34. The van der Waals surface area contributed by atoms with E-state index in [1.807, 2.05) is 20.0 Å². The molecule has 0 saturated carbocycles. The molecule has 1 rings (SSSR count). The van der Waals surface area contributed by atoms with E-state index in [4.69, 9.17) is 16.3 Å². The standard InChI is InChI=1S/C15H25ClN2O/c1-5-19-9-8-18(4)15-7-6-13(10-14(15)16)11-17-12(2)3/h6-7,10,12,17H,5,8-9,11H2,1-4H3. The smallest absolute Gasteiger partial charge is 0.0642 e. The van der Waals surface area contributed by atoms with Gasteiger partial charge in [-0.05, 0) is 24.6 Å². The van der Waals surface area contributed by atoms with E-state index in [-0.39, 0.29) is 0 Å². The average molecular weight is 285 g/mol. The largest absolute Gasteiger partial charge is 0.380 e. The third kappa shape index (κ3) is 5.81. The van der Waals surface area contributed by atoms with Crippen LogP contribution in [-0.2, 0) is 11.3 Å².